The molecule has 0 aliphatic heterocycles. The highest BCUT2D eigenvalue weighted by Gasteiger charge is 2.24. The molecule has 1 aromatic heterocycles. The third-order valence-corrected chi connectivity index (χ3v) is 4.07. The number of aryl methyl sites for hydroxylation is 1. The predicted molar refractivity (Wildman–Crippen MR) is 75.6 cm³/mol. The van der Waals surface area contributed by atoms with Crippen molar-refractivity contribution in [1.29, 1.82) is 0 Å². The molecule has 1 aliphatic carbocycles. The van der Waals surface area contributed by atoms with Crippen molar-refractivity contribution in [3.63, 3.8) is 0 Å². The van der Waals surface area contributed by atoms with E-state index < -0.39 is 0 Å². The van der Waals surface area contributed by atoms with Crippen molar-refractivity contribution in [2.45, 2.75) is 65.0 Å². The molecule has 0 bridgehead atoms. The quantitative estimate of drug-likeness (QED) is 0.840. The van der Waals surface area contributed by atoms with Gasteiger partial charge >= 0.3 is 0 Å². The molecule has 3 heteroatoms. The van der Waals surface area contributed by atoms with Gasteiger partial charge in [0.15, 0.2) is 0 Å². The highest BCUT2D eigenvalue weighted by atomic mass is 15.3. The molecule has 0 aromatic carbocycles. The summed E-state index contributed by atoms with van der Waals surface area (Å²) in [7, 11) is 0. The van der Waals surface area contributed by atoms with E-state index in [1.54, 1.807) is 0 Å². The molecule has 18 heavy (non-hydrogen) atoms. The van der Waals surface area contributed by atoms with Gasteiger partial charge < -0.3 is 5.32 Å². The van der Waals surface area contributed by atoms with Crippen molar-refractivity contribution in [3.8, 4) is 0 Å². The smallest absolute Gasteiger partial charge is 0.0521 e. The Morgan fingerprint density at radius 1 is 1.33 bits per heavy atom. The summed E-state index contributed by atoms with van der Waals surface area (Å²) < 4.78 is 2.03. The summed E-state index contributed by atoms with van der Waals surface area (Å²) in [6.07, 6.45) is 12.2. The lowest BCUT2D eigenvalue weighted by atomic mass is 9.81. The van der Waals surface area contributed by atoms with Gasteiger partial charge in [-0.15, -0.1) is 0 Å². The Kier molecular flexibility index (Phi) is 5.24. The number of hydrogen-bond donors (Lipinski definition) is 1. The molecule has 1 aliphatic rings. The van der Waals surface area contributed by atoms with Crippen LogP contribution in [0.25, 0.3) is 0 Å². The maximum atomic E-state index is 4.38. The number of rotatable bonds is 6. The molecule has 2 rings (SSSR count). The van der Waals surface area contributed by atoms with Crippen molar-refractivity contribution in [2.75, 3.05) is 6.54 Å². The second-order valence-electron chi connectivity index (χ2n) is 5.51. The molecule has 1 heterocycles. The van der Waals surface area contributed by atoms with Gasteiger partial charge in [0.05, 0.1) is 6.20 Å². The van der Waals surface area contributed by atoms with Gasteiger partial charge in [0.2, 0.25) is 0 Å². The maximum Gasteiger partial charge on any atom is 0.0521 e. The van der Waals surface area contributed by atoms with E-state index in [1.807, 2.05) is 4.68 Å². The van der Waals surface area contributed by atoms with Crippen LogP contribution in [0.15, 0.2) is 12.4 Å². The lowest BCUT2D eigenvalue weighted by Gasteiger charge is -2.32. The second kappa shape index (κ2) is 6.93. The summed E-state index contributed by atoms with van der Waals surface area (Å²) >= 11 is 0. The first-order valence-electron chi connectivity index (χ1n) is 7.58. The fraction of sp³-hybridized carbons (Fsp3) is 0.800. The van der Waals surface area contributed by atoms with Gasteiger partial charge in [-0.1, -0.05) is 19.8 Å². The minimum Gasteiger partial charge on any atom is -0.314 e. The average Bonchev–Trinajstić information content (AvgIpc) is 2.85. The number of hydrogen-bond acceptors (Lipinski definition) is 2. The molecule has 0 saturated heterocycles. The summed E-state index contributed by atoms with van der Waals surface area (Å²) in [4.78, 5) is 0. The maximum absolute atomic E-state index is 4.38. The molecule has 102 valence electrons. The van der Waals surface area contributed by atoms with Gasteiger partial charge in [0.1, 0.15) is 0 Å². The van der Waals surface area contributed by atoms with Crippen molar-refractivity contribution in [2.24, 2.45) is 5.92 Å². The molecule has 0 amide bonds. The van der Waals surface area contributed by atoms with Crippen molar-refractivity contribution in [1.82, 2.24) is 15.1 Å². The third kappa shape index (κ3) is 3.58. The van der Waals surface area contributed by atoms with E-state index in [9.17, 15) is 0 Å². The summed E-state index contributed by atoms with van der Waals surface area (Å²) in [5.41, 5.74) is 1.41. The SMILES string of the molecule is CCCNC1CCCCC1Cc1cnn(CC)c1. The van der Waals surface area contributed by atoms with Crippen LogP contribution in [0.5, 0.6) is 0 Å². The topological polar surface area (TPSA) is 29.9 Å². The van der Waals surface area contributed by atoms with Crippen LogP contribution in [-0.2, 0) is 13.0 Å². The van der Waals surface area contributed by atoms with Crippen LogP contribution in [0.2, 0.25) is 0 Å². The van der Waals surface area contributed by atoms with Crippen LogP contribution in [0.1, 0.15) is 51.5 Å². The van der Waals surface area contributed by atoms with Crippen LogP contribution in [-0.4, -0.2) is 22.4 Å². The van der Waals surface area contributed by atoms with E-state index in [1.165, 1.54) is 44.1 Å². The Hall–Kier alpha value is -0.830. The third-order valence-electron chi connectivity index (χ3n) is 4.07. The van der Waals surface area contributed by atoms with E-state index in [4.69, 9.17) is 0 Å². The number of nitrogens with one attached hydrogen (secondary N) is 1. The molecule has 1 aromatic rings. The van der Waals surface area contributed by atoms with Gasteiger partial charge in [-0.05, 0) is 50.6 Å². The summed E-state index contributed by atoms with van der Waals surface area (Å²) in [5, 5.41) is 8.12. The molecule has 1 N–H and O–H groups in total. The normalized spacial score (nSPS) is 24.3. The van der Waals surface area contributed by atoms with Crippen molar-refractivity contribution >= 4 is 0 Å². The van der Waals surface area contributed by atoms with E-state index in [0.29, 0.717) is 0 Å². The molecule has 1 saturated carbocycles. The number of nitrogens with zero attached hydrogens (tertiary/aromatic N) is 2. The first-order valence-corrected chi connectivity index (χ1v) is 7.58. The zero-order chi connectivity index (χ0) is 12.8. The minimum absolute atomic E-state index is 0.726. The highest BCUT2D eigenvalue weighted by Crippen LogP contribution is 2.27. The predicted octanol–water partition coefficient (Wildman–Crippen LogP) is 3.00. The van der Waals surface area contributed by atoms with Crippen molar-refractivity contribution < 1.29 is 0 Å². The highest BCUT2D eigenvalue weighted by molar-refractivity contribution is 5.06. The summed E-state index contributed by atoms with van der Waals surface area (Å²) in [5.74, 6) is 0.805. The fourth-order valence-corrected chi connectivity index (χ4v) is 3.04. The molecular formula is C15H27N3. The van der Waals surface area contributed by atoms with Crippen LogP contribution >= 0.6 is 0 Å². The van der Waals surface area contributed by atoms with Gasteiger partial charge in [0.25, 0.3) is 0 Å². The Labute approximate surface area is 111 Å². The second-order valence-corrected chi connectivity index (χ2v) is 5.51. The molecule has 2 atom stereocenters. The van der Waals surface area contributed by atoms with E-state index in [2.05, 4.69) is 36.7 Å². The molecule has 1 fully saturated rings. The Morgan fingerprint density at radius 2 is 2.17 bits per heavy atom. The Bertz CT molecular complexity index is 345. The standard InChI is InChI=1S/C15H27N3/c1-3-9-16-15-8-6-5-7-14(15)10-13-11-17-18(4-2)12-13/h11-12,14-16H,3-10H2,1-2H3. The van der Waals surface area contributed by atoms with Crippen LogP contribution in [0.3, 0.4) is 0 Å². The molecular weight excluding hydrogens is 222 g/mol. The molecule has 0 spiro atoms. The van der Waals surface area contributed by atoms with E-state index in [0.717, 1.165) is 25.0 Å². The molecule has 3 nitrogen and oxygen atoms in total. The minimum atomic E-state index is 0.726. The first-order chi connectivity index (χ1) is 8.83. The van der Waals surface area contributed by atoms with E-state index in [-0.39, 0.29) is 0 Å². The average molecular weight is 249 g/mol. The summed E-state index contributed by atoms with van der Waals surface area (Å²) in [6.45, 7) is 6.52. The van der Waals surface area contributed by atoms with E-state index >= 15 is 0 Å². The Morgan fingerprint density at radius 3 is 2.89 bits per heavy atom. The lowest BCUT2D eigenvalue weighted by Crippen LogP contribution is -2.39. The fourth-order valence-electron chi connectivity index (χ4n) is 3.04. The first kappa shape index (κ1) is 13.6. The van der Waals surface area contributed by atoms with Crippen LogP contribution in [0.4, 0.5) is 0 Å². The summed E-state index contributed by atoms with van der Waals surface area (Å²) in [6, 6.07) is 0.726. The molecule has 2 unspecified atom stereocenters. The monoisotopic (exact) mass is 249 g/mol. The zero-order valence-electron chi connectivity index (χ0n) is 11.9. The Balaban J connectivity index is 1.91. The van der Waals surface area contributed by atoms with Gasteiger partial charge in [-0.3, -0.25) is 4.68 Å². The van der Waals surface area contributed by atoms with Crippen LogP contribution < -0.4 is 5.32 Å². The van der Waals surface area contributed by atoms with Gasteiger partial charge in [-0.2, -0.15) is 5.10 Å². The lowest BCUT2D eigenvalue weighted by molar-refractivity contribution is 0.261. The van der Waals surface area contributed by atoms with Gasteiger partial charge in [0, 0.05) is 18.8 Å². The van der Waals surface area contributed by atoms with Crippen LogP contribution in [0, 0.1) is 5.92 Å². The van der Waals surface area contributed by atoms with Gasteiger partial charge in [-0.25, -0.2) is 0 Å². The largest absolute Gasteiger partial charge is 0.314 e. The van der Waals surface area contributed by atoms with Crippen molar-refractivity contribution in [3.05, 3.63) is 18.0 Å². The molecule has 0 radical (unpaired) electrons. The zero-order valence-corrected chi connectivity index (χ0v) is 11.9. The number of aromatic nitrogens is 2.